The van der Waals surface area contributed by atoms with E-state index in [4.69, 9.17) is 0 Å². The molecule has 0 atom stereocenters. The molecule has 0 saturated heterocycles. The highest BCUT2D eigenvalue weighted by molar-refractivity contribution is 5.92. The molecule has 4 aromatic rings. The molecule has 0 saturated carbocycles. The van der Waals surface area contributed by atoms with Gasteiger partial charge in [0.15, 0.2) is 0 Å². The Labute approximate surface area is 174 Å². The van der Waals surface area contributed by atoms with Crippen LogP contribution < -0.4 is 10.7 Å². The number of halogens is 3. The van der Waals surface area contributed by atoms with Crippen molar-refractivity contribution in [1.29, 1.82) is 0 Å². The molecule has 0 unspecified atom stereocenters. The summed E-state index contributed by atoms with van der Waals surface area (Å²) in [7, 11) is 0. The molecule has 0 fully saturated rings. The lowest BCUT2D eigenvalue weighted by Gasteiger charge is -2.17. The van der Waals surface area contributed by atoms with E-state index in [1.807, 2.05) is 0 Å². The minimum atomic E-state index is -4.54. The Bertz CT molecular complexity index is 1350. The van der Waals surface area contributed by atoms with E-state index < -0.39 is 23.1 Å². The van der Waals surface area contributed by atoms with Gasteiger partial charge in [-0.1, -0.05) is 0 Å². The Kier molecular flexibility index (Phi) is 5.00. The summed E-state index contributed by atoms with van der Waals surface area (Å²) in [5.74, 6) is -0.467. The van der Waals surface area contributed by atoms with Crippen molar-refractivity contribution in [1.82, 2.24) is 19.2 Å². The first kappa shape index (κ1) is 20.6. The molecule has 1 aromatic carbocycles. The van der Waals surface area contributed by atoms with Crippen molar-refractivity contribution in [3.63, 3.8) is 0 Å². The number of hydrogen-bond acceptors (Lipinski definition) is 4. The van der Waals surface area contributed by atoms with Crippen molar-refractivity contribution in [2.24, 2.45) is 0 Å². The van der Waals surface area contributed by atoms with Gasteiger partial charge in [-0.2, -0.15) is 18.3 Å². The Hall–Kier alpha value is -3.69. The van der Waals surface area contributed by atoms with Crippen molar-refractivity contribution >= 4 is 28.1 Å². The molecule has 0 aliphatic heterocycles. The molecule has 0 radical (unpaired) electrons. The minimum Gasteiger partial charge on any atom is -0.324 e. The number of nitrogens with zero attached hydrogens (tertiary/aromatic N) is 4. The highest BCUT2D eigenvalue weighted by atomic mass is 19.4. The van der Waals surface area contributed by atoms with E-state index >= 15 is 0 Å². The molecule has 160 valence electrons. The van der Waals surface area contributed by atoms with Crippen LogP contribution in [0.1, 0.15) is 31.1 Å². The molecular formula is C21H18F3N5O2. The van der Waals surface area contributed by atoms with E-state index in [0.29, 0.717) is 11.3 Å². The van der Waals surface area contributed by atoms with E-state index in [-0.39, 0.29) is 29.1 Å². The summed E-state index contributed by atoms with van der Waals surface area (Å²) in [5.41, 5.74) is -0.175. The Morgan fingerprint density at radius 2 is 1.97 bits per heavy atom. The van der Waals surface area contributed by atoms with Crippen LogP contribution in [0, 0.1) is 0 Å². The number of nitrogens with one attached hydrogen (secondary N) is 1. The third-order valence-corrected chi connectivity index (χ3v) is 4.80. The maximum atomic E-state index is 13.1. The van der Waals surface area contributed by atoms with Crippen LogP contribution in [0.15, 0.2) is 53.7 Å². The number of amides is 1. The molecule has 0 aliphatic carbocycles. The number of imidazole rings is 1. The first-order chi connectivity index (χ1) is 14.6. The number of carbonyl (C=O) groups excluding carboxylic acids is 1. The van der Waals surface area contributed by atoms with Gasteiger partial charge in [0, 0.05) is 30.0 Å². The van der Waals surface area contributed by atoms with Gasteiger partial charge >= 0.3 is 6.18 Å². The average molecular weight is 429 g/mol. The molecule has 0 aliphatic rings. The van der Waals surface area contributed by atoms with E-state index in [2.05, 4.69) is 15.4 Å². The molecule has 1 amide bonds. The van der Waals surface area contributed by atoms with Crippen LogP contribution in [-0.2, 0) is 17.4 Å². The third kappa shape index (κ3) is 4.00. The minimum absolute atomic E-state index is 0.0397. The summed E-state index contributed by atoms with van der Waals surface area (Å²) in [6, 6.07) is 5.99. The second-order valence-electron chi connectivity index (χ2n) is 7.38. The number of aromatic nitrogens is 4. The quantitative estimate of drug-likeness (QED) is 0.535. The molecule has 31 heavy (non-hydrogen) atoms. The summed E-state index contributed by atoms with van der Waals surface area (Å²) in [4.78, 5) is 29.5. The fourth-order valence-electron chi connectivity index (χ4n) is 3.33. The predicted octanol–water partition coefficient (Wildman–Crippen LogP) is 3.83. The van der Waals surface area contributed by atoms with E-state index in [1.54, 1.807) is 49.0 Å². The van der Waals surface area contributed by atoms with Crippen molar-refractivity contribution in [2.75, 3.05) is 5.32 Å². The first-order valence-electron chi connectivity index (χ1n) is 9.48. The maximum absolute atomic E-state index is 13.1. The van der Waals surface area contributed by atoms with Gasteiger partial charge < -0.3 is 9.72 Å². The number of anilines is 1. The van der Waals surface area contributed by atoms with Crippen LogP contribution in [0.2, 0.25) is 0 Å². The normalized spacial score (nSPS) is 12.1. The zero-order chi connectivity index (χ0) is 22.3. The van der Waals surface area contributed by atoms with Gasteiger partial charge in [-0.15, -0.1) is 0 Å². The maximum Gasteiger partial charge on any atom is 0.416 e. The monoisotopic (exact) mass is 429 g/mol. The number of carbonyl (C=O) groups is 1. The van der Waals surface area contributed by atoms with Crippen LogP contribution in [0.4, 0.5) is 18.9 Å². The topological polar surface area (TPSA) is 81.3 Å². The largest absolute Gasteiger partial charge is 0.416 e. The van der Waals surface area contributed by atoms with Gasteiger partial charge in [0.2, 0.25) is 11.3 Å². The molecule has 3 aromatic heterocycles. The summed E-state index contributed by atoms with van der Waals surface area (Å²) >= 11 is 0. The number of benzene rings is 1. The van der Waals surface area contributed by atoms with Crippen LogP contribution in [0.25, 0.3) is 16.6 Å². The van der Waals surface area contributed by atoms with E-state index in [9.17, 15) is 22.8 Å². The summed E-state index contributed by atoms with van der Waals surface area (Å²) < 4.78 is 42.4. The summed E-state index contributed by atoms with van der Waals surface area (Å²) in [6.45, 7) is 3.47. The lowest BCUT2D eigenvalue weighted by molar-refractivity contribution is -0.137. The zero-order valence-corrected chi connectivity index (χ0v) is 16.6. The Morgan fingerprint density at radius 1 is 1.19 bits per heavy atom. The molecule has 10 heteroatoms. The summed E-state index contributed by atoms with van der Waals surface area (Å²) in [5, 5.41) is 6.99. The second kappa shape index (κ2) is 7.53. The molecule has 0 spiro atoms. The smallest absolute Gasteiger partial charge is 0.324 e. The highest BCUT2D eigenvalue weighted by Gasteiger charge is 2.31. The number of fused-ring (bicyclic) bond motifs is 2. The van der Waals surface area contributed by atoms with E-state index in [0.717, 1.165) is 18.2 Å². The number of hydrogen-bond donors (Lipinski definition) is 1. The van der Waals surface area contributed by atoms with Crippen molar-refractivity contribution in [3.05, 3.63) is 70.4 Å². The van der Waals surface area contributed by atoms with Crippen LogP contribution in [-0.4, -0.2) is 25.1 Å². The van der Waals surface area contributed by atoms with Crippen LogP contribution in [0.3, 0.4) is 0 Å². The van der Waals surface area contributed by atoms with Gasteiger partial charge in [-0.25, -0.2) is 4.98 Å². The number of pyridine rings is 1. The van der Waals surface area contributed by atoms with Gasteiger partial charge in [-0.3, -0.25) is 14.3 Å². The SMILES string of the molecule is CC(C)n1nc(CC(=O)Nc2ccc3nccn3c2)c(=O)c2ccc(C(F)(F)F)cc21. The second-order valence-corrected chi connectivity index (χ2v) is 7.38. The molecule has 4 rings (SSSR count). The zero-order valence-electron chi connectivity index (χ0n) is 16.6. The van der Waals surface area contributed by atoms with Gasteiger partial charge in [0.25, 0.3) is 0 Å². The summed E-state index contributed by atoms with van der Waals surface area (Å²) in [6.07, 6.45) is 0.176. The predicted molar refractivity (Wildman–Crippen MR) is 109 cm³/mol. The molecule has 0 bridgehead atoms. The Balaban J connectivity index is 1.68. The van der Waals surface area contributed by atoms with Crippen LogP contribution >= 0.6 is 0 Å². The average Bonchev–Trinajstić information content (AvgIpc) is 3.16. The van der Waals surface area contributed by atoms with Crippen molar-refractivity contribution < 1.29 is 18.0 Å². The lowest BCUT2D eigenvalue weighted by Crippen LogP contribution is -2.25. The number of rotatable bonds is 4. The third-order valence-electron chi connectivity index (χ3n) is 4.80. The van der Waals surface area contributed by atoms with Gasteiger partial charge in [0.1, 0.15) is 11.3 Å². The molecule has 1 N–H and O–H groups in total. The first-order valence-corrected chi connectivity index (χ1v) is 9.48. The Morgan fingerprint density at radius 3 is 2.68 bits per heavy atom. The van der Waals surface area contributed by atoms with Gasteiger partial charge in [-0.05, 0) is 44.2 Å². The lowest BCUT2D eigenvalue weighted by atomic mass is 10.1. The van der Waals surface area contributed by atoms with Crippen molar-refractivity contribution in [2.45, 2.75) is 32.5 Å². The fraction of sp³-hybridized carbons (Fsp3) is 0.238. The van der Waals surface area contributed by atoms with Crippen molar-refractivity contribution in [3.8, 4) is 0 Å². The van der Waals surface area contributed by atoms with E-state index in [1.165, 1.54) is 4.68 Å². The highest BCUT2D eigenvalue weighted by Crippen LogP contribution is 2.31. The van der Waals surface area contributed by atoms with Crippen LogP contribution in [0.5, 0.6) is 0 Å². The molecule has 7 nitrogen and oxygen atoms in total. The fourth-order valence-corrected chi connectivity index (χ4v) is 3.33. The number of alkyl halides is 3. The standard InChI is InChI=1S/C21H18F3N5O2/c1-12(2)29-17-9-13(21(22,23)24)3-5-15(17)20(31)16(27-29)10-19(30)26-14-4-6-18-25-7-8-28(18)11-14/h3-9,11-12H,10H2,1-2H3,(H,26,30). The molecule has 3 heterocycles. The molecular weight excluding hydrogens is 411 g/mol. The van der Waals surface area contributed by atoms with Gasteiger partial charge in [0.05, 0.1) is 23.2 Å².